The molecule has 3 aromatic rings. The Kier molecular flexibility index (Phi) is 7.07. The molecule has 0 unspecified atom stereocenters. The van der Waals surface area contributed by atoms with Crippen LogP contribution in [0.25, 0.3) is 0 Å². The van der Waals surface area contributed by atoms with E-state index in [0.29, 0.717) is 10.3 Å². The lowest BCUT2D eigenvalue weighted by atomic mass is 9.87. The predicted octanol–water partition coefficient (Wildman–Crippen LogP) is 4.38. The third-order valence-electron chi connectivity index (χ3n) is 6.03. The molecular weight excluding hydrogens is 487 g/mol. The molecule has 1 saturated heterocycles. The van der Waals surface area contributed by atoms with Crippen LogP contribution in [0.3, 0.4) is 0 Å². The van der Waals surface area contributed by atoms with Crippen LogP contribution in [-0.4, -0.2) is 40.8 Å². The smallest absolute Gasteiger partial charge is 0.257 e. The molecule has 0 saturated carbocycles. The summed E-state index contributed by atoms with van der Waals surface area (Å²) in [7, 11) is 0. The number of hydrogen-bond acceptors (Lipinski definition) is 5. The fourth-order valence-corrected chi connectivity index (χ4v) is 3.91. The number of alkyl halides is 2. The summed E-state index contributed by atoms with van der Waals surface area (Å²) in [6.07, 6.45) is 3.00. The van der Waals surface area contributed by atoms with Gasteiger partial charge in [0.1, 0.15) is 11.6 Å². The van der Waals surface area contributed by atoms with Crippen LogP contribution in [-0.2, 0) is 4.79 Å². The van der Waals surface area contributed by atoms with Gasteiger partial charge in [0.25, 0.3) is 5.92 Å². The summed E-state index contributed by atoms with van der Waals surface area (Å²) in [5.41, 5.74) is 0.305. The van der Waals surface area contributed by atoms with Crippen molar-refractivity contribution in [1.82, 2.24) is 9.88 Å². The van der Waals surface area contributed by atoms with Crippen molar-refractivity contribution in [1.29, 1.82) is 0 Å². The molecule has 0 aliphatic carbocycles. The monoisotopic (exact) mass is 508 g/mol. The van der Waals surface area contributed by atoms with Crippen molar-refractivity contribution in [3.63, 3.8) is 0 Å². The standard InChI is InChI=1S/C24H21F5N4O3/c1-14(32-11-8-24(28,29)17(13-32)15-6-9-33(35)10-7-15)23(34)31-20-5-2-16(12-30-20)36-19-4-3-18(25)21(26)22(19)27/h2-7,9-10,12,14,17H,8,11,13H2,1H3,(H,30,31,34)/t14-,17+/m0/s1. The van der Waals surface area contributed by atoms with Crippen molar-refractivity contribution >= 4 is 11.7 Å². The van der Waals surface area contributed by atoms with Crippen LogP contribution in [0.15, 0.2) is 55.0 Å². The molecule has 0 bridgehead atoms. The Bertz CT molecular complexity index is 1240. The lowest BCUT2D eigenvalue weighted by Crippen LogP contribution is -2.52. The molecule has 2 aromatic heterocycles. The number of carbonyl (C=O) groups excluding carboxylic acids is 1. The van der Waals surface area contributed by atoms with E-state index in [-0.39, 0.29) is 24.7 Å². The highest BCUT2D eigenvalue weighted by Crippen LogP contribution is 2.40. The van der Waals surface area contributed by atoms with Gasteiger partial charge in [-0.05, 0) is 36.8 Å². The first-order valence-electron chi connectivity index (χ1n) is 10.9. The summed E-state index contributed by atoms with van der Waals surface area (Å²) in [5.74, 6) is -9.60. The van der Waals surface area contributed by atoms with E-state index in [1.165, 1.54) is 24.3 Å². The highest BCUT2D eigenvalue weighted by atomic mass is 19.3. The molecule has 3 heterocycles. The Hall–Kier alpha value is -3.80. The van der Waals surface area contributed by atoms with E-state index in [1.54, 1.807) is 11.8 Å². The second kappa shape index (κ2) is 10.1. The van der Waals surface area contributed by atoms with Gasteiger partial charge in [-0.25, -0.2) is 22.5 Å². The first-order chi connectivity index (χ1) is 17.0. The van der Waals surface area contributed by atoms with E-state index in [4.69, 9.17) is 4.74 Å². The number of pyridine rings is 2. The lowest BCUT2D eigenvalue weighted by molar-refractivity contribution is -0.605. The Labute approximate surface area is 202 Å². The number of benzene rings is 1. The number of hydrogen-bond donors (Lipinski definition) is 1. The molecule has 1 aliphatic heterocycles. The number of carbonyl (C=O) groups is 1. The number of piperidine rings is 1. The van der Waals surface area contributed by atoms with Crippen molar-refractivity contribution in [3.8, 4) is 11.5 Å². The number of amides is 1. The summed E-state index contributed by atoms with van der Waals surface area (Å²) in [4.78, 5) is 18.4. The highest BCUT2D eigenvalue weighted by molar-refractivity contribution is 5.93. The maximum absolute atomic E-state index is 14.6. The van der Waals surface area contributed by atoms with Gasteiger partial charge in [-0.1, -0.05) is 0 Å². The normalized spacial score (nSPS) is 18.4. The third-order valence-corrected chi connectivity index (χ3v) is 6.03. The molecule has 0 spiro atoms. The zero-order valence-electron chi connectivity index (χ0n) is 18.9. The lowest BCUT2D eigenvalue weighted by Gasteiger charge is -2.40. The van der Waals surface area contributed by atoms with E-state index in [1.807, 2.05) is 0 Å². The zero-order chi connectivity index (χ0) is 26.0. The maximum atomic E-state index is 14.6. The highest BCUT2D eigenvalue weighted by Gasteiger charge is 2.46. The van der Waals surface area contributed by atoms with E-state index in [0.717, 1.165) is 30.7 Å². The molecule has 7 nitrogen and oxygen atoms in total. The number of ether oxygens (including phenoxy) is 1. The number of aromatic nitrogens is 2. The molecule has 1 aliphatic rings. The van der Waals surface area contributed by atoms with Gasteiger partial charge in [-0.3, -0.25) is 9.69 Å². The Morgan fingerprint density at radius 2 is 1.89 bits per heavy atom. The Balaban J connectivity index is 1.39. The van der Waals surface area contributed by atoms with Gasteiger partial charge in [0.05, 0.1) is 18.2 Å². The van der Waals surface area contributed by atoms with E-state index >= 15 is 0 Å². The fourth-order valence-electron chi connectivity index (χ4n) is 3.91. The number of anilines is 1. The van der Waals surface area contributed by atoms with Gasteiger partial charge in [0, 0.05) is 31.6 Å². The largest absolute Gasteiger partial charge is 0.619 e. The molecule has 4 rings (SSSR count). The summed E-state index contributed by atoms with van der Waals surface area (Å²) in [6, 6.07) is 6.26. The van der Waals surface area contributed by atoms with E-state index in [9.17, 15) is 32.0 Å². The van der Waals surface area contributed by atoms with Crippen LogP contribution < -0.4 is 14.8 Å². The van der Waals surface area contributed by atoms with Crippen LogP contribution in [0.2, 0.25) is 0 Å². The average Bonchev–Trinajstić information content (AvgIpc) is 2.85. The molecule has 2 atom stereocenters. The SMILES string of the molecule is C[C@@H](C(=O)Nc1ccc(Oc2ccc(F)c(F)c2F)cn1)N1CCC(F)(F)[C@@H](c2cc[n+]([O-])cc2)C1. The number of nitrogens with one attached hydrogen (secondary N) is 1. The molecule has 1 N–H and O–H groups in total. The first-order valence-corrected chi connectivity index (χ1v) is 10.9. The molecule has 12 heteroatoms. The van der Waals surface area contributed by atoms with Crippen molar-refractivity contribution in [2.75, 3.05) is 18.4 Å². The molecule has 1 amide bonds. The van der Waals surface area contributed by atoms with Crippen LogP contribution in [0.1, 0.15) is 24.8 Å². The van der Waals surface area contributed by atoms with Crippen LogP contribution in [0.5, 0.6) is 11.5 Å². The topological polar surface area (TPSA) is 81.4 Å². The minimum atomic E-state index is -2.99. The zero-order valence-corrected chi connectivity index (χ0v) is 18.9. The quantitative estimate of drug-likeness (QED) is 0.231. The Morgan fingerprint density at radius 3 is 2.56 bits per heavy atom. The van der Waals surface area contributed by atoms with Crippen LogP contribution in [0, 0.1) is 22.7 Å². The van der Waals surface area contributed by atoms with Crippen LogP contribution in [0.4, 0.5) is 27.8 Å². The number of rotatable bonds is 6. The molecule has 0 radical (unpaired) electrons. The predicted molar refractivity (Wildman–Crippen MR) is 118 cm³/mol. The maximum Gasteiger partial charge on any atom is 0.257 e. The minimum Gasteiger partial charge on any atom is -0.619 e. The first kappa shape index (κ1) is 25.3. The molecular formula is C24H21F5N4O3. The fraction of sp³-hybridized carbons (Fsp3) is 0.292. The summed E-state index contributed by atoms with van der Waals surface area (Å²) in [5, 5.41) is 13.8. The third kappa shape index (κ3) is 5.38. The van der Waals surface area contributed by atoms with Gasteiger partial charge in [0.15, 0.2) is 29.8 Å². The summed E-state index contributed by atoms with van der Waals surface area (Å²) < 4.78 is 75.1. The van der Waals surface area contributed by atoms with Crippen molar-refractivity contribution in [2.45, 2.75) is 31.2 Å². The van der Waals surface area contributed by atoms with Gasteiger partial charge >= 0.3 is 0 Å². The summed E-state index contributed by atoms with van der Waals surface area (Å²) in [6.45, 7) is 1.48. The van der Waals surface area contributed by atoms with Crippen molar-refractivity contribution < 1.29 is 36.2 Å². The van der Waals surface area contributed by atoms with Gasteiger partial charge in [-0.15, -0.1) is 0 Å². The minimum absolute atomic E-state index is 0.00746. The molecule has 1 aromatic carbocycles. The summed E-state index contributed by atoms with van der Waals surface area (Å²) >= 11 is 0. The van der Waals surface area contributed by atoms with E-state index in [2.05, 4.69) is 10.3 Å². The average molecular weight is 508 g/mol. The molecule has 1 fully saturated rings. The second-order valence-electron chi connectivity index (χ2n) is 8.37. The van der Waals surface area contributed by atoms with Gasteiger partial charge < -0.3 is 15.3 Å². The molecule has 190 valence electrons. The van der Waals surface area contributed by atoms with Gasteiger partial charge in [-0.2, -0.15) is 9.12 Å². The molecule has 36 heavy (non-hydrogen) atoms. The van der Waals surface area contributed by atoms with Gasteiger partial charge in [0.2, 0.25) is 11.7 Å². The van der Waals surface area contributed by atoms with Crippen molar-refractivity contribution in [3.05, 3.63) is 83.2 Å². The van der Waals surface area contributed by atoms with Crippen LogP contribution >= 0.6 is 0 Å². The number of halogens is 5. The Morgan fingerprint density at radius 1 is 1.17 bits per heavy atom. The number of nitrogens with zero attached hydrogens (tertiary/aromatic N) is 3. The number of likely N-dealkylation sites (tertiary alicyclic amines) is 1. The van der Waals surface area contributed by atoms with E-state index < -0.39 is 53.4 Å². The van der Waals surface area contributed by atoms with Crippen molar-refractivity contribution in [2.24, 2.45) is 0 Å². The second-order valence-corrected chi connectivity index (χ2v) is 8.37.